The molecule has 0 atom stereocenters. The van der Waals surface area contributed by atoms with Gasteiger partial charge in [-0.2, -0.15) is 0 Å². The van der Waals surface area contributed by atoms with Crippen molar-refractivity contribution >= 4 is 51.7 Å². The summed E-state index contributed by atoms with van der Waals surface area (Å²) < 4.78 is 2.20. The van der Waals surface area contributed by atoms with Gasteiger partial charge >= 0.3 is 0 Å². The van der Waals surface area contributed by atoms with Crippen LogP contribution < -0.4 is 10.5 Å². The van der Waals surface area contributed by atoms with Gasteiger partial charge in [0.15, 0.2) is 0 Å². The molecule has 32 heavy (non-hydrogen) atoms. The van der Waals surface area contributed by atoms with Gasteiger partial charge in [-0.1, -0.05) is 49.3 Å². The van der Waals surface area contributed by atoms with Gasteiger partial charge in [-0.15, -0.1) is 0 Å². The maximum Gasteiger partial charge on any atom is 0.267 e. The second-order valence-corrected chi connectivity index (χ2v) is 10.6. The SMILES string of the molecule is Cc1cccn2c(=O)c(/C=C3/SC(=S)N(C4CCCCC4)C3=O)c(N3CCCCC3)nc12. The molecule has 2 aromatic rings. The van der Waals surface area contributed by atoms with Gasteiger partial charge in [0, 0.05) is 25.3 Å². The van der Waals surface area contributed by atoms with Crippen LogP contribution in [-0.4, -0.2) is 43.6 Å². The first-order valence-corrected chi connectivity index (χ1v) is 12.8. The Labute approximate surface area is 197 Å². The Hall–Kier alpha value is -2.19. The summed E-state index contributed by atoms with van der Waals surface area (Å²) in [6.07, 6.45) is 12.3. The predicted molar refractivity (Wildman–Crippen MR) is 134 cm³/mol. The molecule has 3 fully saturated rings. The number of fused-ring (bicyclic) bond motifs is 1. The van der Waals surface area contributed by atoms with Crippen LogP contribution in [0.25, 0.3) is 11.7 Å². The molecule has 2 aromatic heterocycles. The van der Waals surface area contributed by atoms with Gasteiger partial charge in [-0.3, -0.25) is 18.9 Å². The van der Waals surface area contributed by atoms with Crippen molar-refractivity contribution in [3.63, 3.8) is 0 Å². The van der Waals surface area contributed by atoms with E-state index >= 15 is 0 Å². The minimum Gasteiger partial charge on any atom is -0.356 e. The Bertz CT molecular complexity index is 1160. The second kappa shape index (κ2) is 8.98. The quantitative estimate of drug-likeness (QED) is 0.487. The van der Waals surface area contributed by atoms with E-state index in [4.69, 9.17) is 17.2 Å². The number of pyridine rings is 1. The molecule has 1 saturated carbocycles. The number of carbonyl (C=O) groups excluding carboxylic acids is 1. The minimum atomic E-state index is -0.137. The molecule has 168 valence electrons. The zero-order valence-corrected chi connectivity index (χ0v) is 20.0. The van der Waals surface area contributed by atoms with Gasteiger partial charge < -0.3 is 4.90 Å². The molecule has 2 aliphatic heterocycles. The molecule has 2 saturated heterocycles. The molecule has 5 rings (SSSR count). The Morgan fingerprint density at radius 1 is 1.09 bits per heavy atom. The fraction of sp³-hybridized carbons (Fsp3) is 0.500. The highest BCUT2D eigenvalue weighted by Crippen LogP contribution is 2.38. The van der Waals surface area contributed by atoms with E-state index in [1.165, 1.54) is 24.6 Å². The predicted octanol–water partition coefficient (Wildman–Crippen LogP) is 4.53. The van der Waals surface area contributed by atoms with Crippen molar-refractivity contribution in [3.8, 4) is 0 Å². The Morgan fingerprint density at radius 3 is 2.56 bits per heavy atom. The monoisotopic (exact) mass is 468 g/mol. The van der Waals surface area contributed by atoms with Crippen LogP contribution in [-0.2, 0) is 4.79 Å². The van der Waals surface area contributed by atoms with E-state index in [-0.39, 0.29) is 17.5 Å². The minimum absolute atomic E-state index is 0.0646. The van der Waals surface area contributed by atoms with Crippen LogP contribution >= 0.6 is 24.0 Å². The number of hydrogen-bond acceptors (Lipinski definition) is 6. The van der Waals surface area contributed by atoms with Crippen molar-refractivity contribution < 1.29 is 4.79 Å². The van der Waals surface area contributed by atoms with Crippen molar-refractivity contribution in [1.29, 1.82) is 0 Å². The van der Waals surface area contributed by atoms with Crippen LogP contribution in [0.2, 0.25) is 0 Å². The van der Waals surface area contributed by atoms with Gasteiger partial charge in [-0.25, -0.2) is 4.98 Å². The number of rotatable bonds is 3. The van der Waals surface area contributed by atoms with Crippen LogP contribution in [0.3, 0.4) is 0 Å². The lowest BCUT2D eigenvalue weighted by molar-refractivity contribution is -0.124. The molecule has 0 spiro atoms. The van der Waals surface area contributed by atoms with Crippen molar-refractivity contribution in [1.82, 2.24) is 14.3 Å². The summed E-state index contributed by atoms with van der Waals surface area (Å²) in [6.45, 7) is 3.72. The van der Waals surface area contributed by atoms with E-state index in [1.54, 1.807) is 21.6 Å². The van der Waals surface area contributed by atoms with Crippen molar-refractivity contribution in [2.24, 2.45) is 0 Å². The van der Waals surface area contributed by atoms with Crippen LogP contribution in [0.4, 0.5) is 5.82 Å². The topological polar surface area (TPSA) is 57.9 Å². The maximum absolute atomic E-state index is 13.6. The number of nitrogens with zero attached hydrogens (tertiary/aromatic N) is 4. The van der Waals surface area contributed by atoms with Gasteiger partial charge in [0.1, 0.15) is 15.8 Å². The highest BCUT2D eigenvalue weighted by atomic mass is 32.2. The lowest BCUT2D eigenvalue weighted by Crippen LogP contribution is -2.39. The molecule has 6 nitrogen and oxygen atoms in total. The number of carbonyl (C=O) groups is 1. The average molecular weight is 469 g/mol. The smallest absolute Gasteiger partial charge is 0.267 e. The number of aromatic nitrogens is 2. The van der Waals surface area contributed by atoms with E-state index < -0.39 is 0 Å². The Morgan fingerprint density at radius 2 is 1.81 bits per heavy atom. The van der Waals surface area contributed by atoms with E-state index in [2.05, 4.69) is 4.90 Å². The van der Waals surface area contributed by atoms with Crippen LogP contribution in [0.5, 0.6) is 0 Å². The number of amides is 1. The largest absolute Gasteiger partial charge is 0.356 e. The van der Waals surface area contributed by atoms with Crippen LogP contribution in [0, 0.1) is 6.92 Å². The van der Waals surface area contributed by atoms with E-state index in [9.17, 15) is 9.59 Å². The van der Waals surface area contributed by atoms with Gasteiger partial charge in [0.05, 0.1) is 10.5 Å². The lowest BCUT2D eigenvalue weighted by Gasteiger charge is -2.30. The molecule has 1 amide bonds. The number of thioether (sulfide) groups is 1. The number of piperidine rings is 1. The van der Waals surface area contributed by atoms with Crippen molar-refractivity contribution in [2.75, 3.05) is 18.0 Å². The normalized spacial score (nSPS) is 21.8. The molecule has 0 unspecified atom stereocenters. The first kappa shape index (κ1) is 21.6. The van der Waals surface area contributed by atoms with Crippen molar-refractivity contribution in [2.45, 2.75) is 64.3 Å². The third-order valence-corrected chi connectivity index (χ3v) is 8.09. The van der Waals surface area contributed by atoms with Crippen LogP contribution in [0.15, 0.2) is 28.0 Å². The zero-order valence-electron chi connectivity index (χ0n) is 18.4. The summed E-state index contributed by atoms with van der Waals surface area (Å²) >= 11 is 6.91. The first-order chi connectivity index (χ1) is 15.5. The molecule has 0 radical (unpaired) electrons. The maximum atomic E-state index is 13.6. The summed E-state index contributed by atoms with van der Waals surface area (Å²) in [4.78, 5) is 36.4. The van der Waals surface area contributed by atoms with E-state index in [1.807, 2.05) is 19.1 Å². The molecule has 8 heteroatoms. The zero-order chi connectivity index (χ0) is 22.2. The van der Waals surface area contributed by atoms with Crippen molar-refractivity contribution in [3.05, 3.63) is 44.7 Å². The molecular weight excluding hydrogens is 440 g/mol. The first-order valence-electron chi connectivity index (χ1n) is 11.6. The molecule has 0 N–H and O–H groups in total. The van der Waals surface area contributed by atoms with E-state index in [0.717, 1.165) is 57.2 Å². The van der Waals surface area contributed by atoms with Gasteiger partial charge in [-0.05, 0) is 56.7 Å². The second-order valence-electron chi connectivity index (χ2n) is 8.93. The summed E-state index contributed by atoms with van der Waals surface area (Å²) in [5, 5.41) is 0. The molecule has 3 aliphatic rings. The highest BCUT2D eigenvalue weighted by Gasteiger charge is 2.38. The highest BCUT2D eigenvalue weighted by molar-refractivity contribution is 8.26. The number of aryl methyl sites for hydroxylation is 1. The molecule has 0 aromatic carbocycles. The average Bonchev–Trinajstić information content (AvgIpc) is 3.10. The summed E-state index contributed by atoms with van der Waals surface area (Å²) in [5.41, 5.74) is 1.98. The standard InChI is InChI=1S/C24H28N4O2S2/c1-16-9-8-14-27-20(16)25-21(26-12-6-3-7-13-26)18(22(27)29)15-19-23(30)28(24(31)32-19)17-10-4-2-5-11-17/h8-9,14-15,17H,2-7,10-13H2,1H3/b19-15+. The fourth-order valence-corrected chi connectivity index (χ4v) is 6.42. The third-order valence-electron chi connectivity index (χ3n) is 6.76. The Balaban J connectivity index is 1.60. The molecule has 1 aliphatic carbocycles. The number of hydrogen-bond donors (Lipinski definition) is 0. The molecule has 0 bridgehead atoms. The van der Waals surface area contributed by atoms with E-state index in [0.29, 0.717) is 26.3 Å². The molecular formula is C24H28N4O2S2. The van der Waals surface area contributed by atoms with Gasteiger partial charge in [0.2, 0.25) is 0 Å². The van der Waals surface area contributed by atoms with Crippen LogP contribution in [0.1, 0.15) is 62.5 Å². The third kappa shape index (κ3) is 3.88. The Kier molecular flexibility index (Phi) is 6.07. The molecule has 4 heterocycles. The summed E-state index contributed by atoms with van der Waals surface area (Å²) in [6, 6.07) is 4.01. The number of thiocarbonyl (C=S) groups is 1. The van der Waals surface area contributed by atoms with Gasteiger partial charge in [0.25, 0.3) is 11.5 Å². The lowest BCUT2D eigenvalue weighted by atomic mass is 9.94. The summed E-state index contributed by atoms with van der Waals surface area (Å²) in [5.74, 6) is 0.622. The summed E-state index contributed by atoms with van der Waals surface area (Å²) in [7, 11) is 0. The number of anilines is 1. The fourth-order valence-electron chi connectivity index (χ4n) is 5.04.